The molecule has 2 N–H and O–H groups in total. The fraction of sp³-hybridized carbons (Fsp3) is 0.880. The molecule has 0 unspecified atom stereocenters. The molecule has 3 amide bonds. The average molecular weight is 896 g/mol. The van der Waals surface area contributed by atoms with Crippen LogP contribution in [0.1, 0.15) is 170 Å². The van der Waals surface area contributed by atoms with E-state index in [0.717, 1.165) is 96.4 Å². The van der Waals surface area contributed by atoms with E-state index in [1.165, 1.54) is 10.7 Å². The van der Waals surface area contributed by atoms with Gasteiger partial charge in [-0.15, -0.1) is 6.58 Å². The summed E-state index contributed by atoms with van der Waals surface area (Å²) in [5, 5.41) is 3.66. The normalized spacial score (nSPS) is 34.3. The van der Waals surface area contributed by atoms with Gasteiger partial charge in [0.05, 0.1) is 17.5 Å². The number of hydrogen-bond acceptors (Lipinski definition) is 8. The molecule has 13 heteroatoms. The van der Waals surface area contributed by atoms with E-state index in [4.69, 9.17) is 4.74 Å². The Kier molecular flexibility index (Phi) is 13.0. The van der Waals surface area contributed by atoms with Crippen LogP contribution in [-0.2, 0) is 34.1 Å². The zero-order valence-electron chi connectivity index (χ0n) is 39.7. The van der Waals surface area contributed by atoms with Gasteiger partial charge in [-0.2, -0.15) is 12.7 Å². The van der Waals surface area contributed by atoms with E-state index in [2.05, 4.69) is 63.1 Å². The monoisotopic (exact) mass is 896 g/mol. The van der Waals surface area contributed by atoms with E-state index in [1.54, 1.807) is 6.08 Å². The third kappa shape index (κ3) is 8.08. The van der Waals surface area contributed by atoms with Gasteiger partial charge < -0.3 is 15.0 Å². The molecule has 8 aliphatic rings. The standard InChI is InChI=1S/C50H81N5O7S/c1-8-36-31-48(36,44(59)52-63(60,61)53-26-14-15-27-53)33-40(56)39-32-50(45(4,5)49(50)22-16-23-49)34-55(39)43(58)37(46(6)24-29-62-30-25-46)18-19-41(47(7)20-11-9-12-21-47)51-42(57)38-17-10-13-28-54(38)35(2)3/h8,35-39,41H,1,9-34H2,2-7H3,(H,51,57)(H,52,59)/t36-,37-,38+,39+,41-,48-,50-/m1/s1. The minimum Gasteiger partial charge on any atom is -0.381 e. The first-order valence-corrected chi connectivity index (χ1v) is 26.7. The number of nitrogens with zero attached hydrogens (tertiary/aromatic N) is 3. The van der Waals surface area contributed by atoms with Crippen LogP contribution in [0.5, 0.6) is 0 Å². The summed E-state index contributed by atoms with van der Waals surface area (Å²) < 4.78 is 36.3. The van der Waals surface area contributed by atoms with Crippen LogP contribution in [-0.4, -0.2) is 110 Å². The third-order valence-electron chi connectivity index (χ3n) is 19.6. The first kappa shape index (κ1) is 47.2. The highest BCUT2D eigenvalue weighted by Crippen LogP contribution is 2.88. The second-order valence-corrected chi connectivity index (χ2v) is 24.9. The Labute approximate surface area is 379 Å². The number of nitrogens with one attached hydrogen (secondary N) is 2. The van der Waals surface area contributed by atoms with Crippen LogP contribution in [0.4, 0.5) is 0 Å². The molecule has 7 atom stereocenters. The zero-order valence-corrected chi connectivity index (χ0v) is 40.6. The van der Waals surface area contributed by atoms with E-state index < -0.39 is 27.6 Å². The number of rotatable bonds is 16. The van der Waals surface area contributed by atoms with Gasteiger partial charge in [-0.1, -0.05) is 65.9 Å². The van der Waals surface area contributed by atoms with Crippen molar-refractivity contribution >= 4 is 33.7 Å². The van der Waals surface area contributed by atoms with Crippen molar-refractivity contribution in [2.24, 2.45) is 44.3 Å². The van der Waals surface area contributed by atoms with Crippen molar-refractivity contribution in [3.8, 4) is 0 Å². The second-order valence-electron chi connectivity index (χ2n) is 23.2. The van der Waals surface area contributed by atoms with Crippen molar-refractivity contribution in [3.63, 3.8) is 0 Å². The van der Waals surface area contributed by atoms with Crippen molar-refractivity contribution in [1.82, 2.24) is 24.1 Å². The molecule has 0 radical (unpaired) electrons. The van der Waals surface area contributed by atoms with E-state index in [0.29, 0.717) is 58.5 Å². The summed E-state index contributed by atoms with van der Waals surface area (Å²) in [6.07, 6.45) is 18.7. The van der Waals surface area contributed by atoms with Crippen LogP contribution in [0.25, 0.3) is 0 Å². The fourth-order valence-corrected chi connectivity index (χ4v) is 16.2. The van der Waals surface area contributed by atoms with Gasteiger partial charge in [-0.3, -0.25) is 24.1 Å². The van der Waals surface area contributed by atoms with Crippen LogP contribution < -0.4 is 10.0 Å². The molecular weight excluding hydrogens is 815 g/mol. The van der Waals surface area contributed by atoms with Crippen LogP contribution in [0, 0.1) is 44.3 Å². The lowest BCUT2D eigenvalue weighted by Crippen LogP contribution is -2.57. The number of Topliss-reactive ketones (excluding diaryl/α,β-unsaturated/α-hetero) is 1. The first-order valence-electron chi connectivity index (χ1n) is 25.2. The van der Waals surface area contributed by atoms with Crippen LogP contribution in [0.2, 0.25) is 0 Å². The predicted octanol–water partition coefficient (Wildman–Crippen LogP) is 7.32. The molecule has 4 saturated heterocycles. The minimum absolute atomic E-state index is 0.0233. The van der Waals surface area contributed by atoms with Crippen molar-refractivity contribution in [2.45, 2.75) is 194 Å². The van der Waals surface area contributed by atoms with Gasteiger partial charge in [0.2, 0.25) is 17.7 Å². The summed E-state index contributed by atoms with van der Waals surface area (Å²) >= 11 is 0. The van der Waals surface area contributed by atoms with Gasteiger partial charge in [0, 0.05) is 62.7 Å². The maximum Gasteiger partial charge on any atom is 0.303 e. The molecule has 0 aromatic carbocycles. The Balaban J connectivity index is 1.08. The Morgan fingerprint density at radius 3 is 2.03 bits per heavy atom. The van der Waals surface area contributed by atoms with Gasteiger partial charge in [0.25, 0.3) is 0 Å². The molecule has 12 nitrogen and oxygen atoms in total. The molecule has 0 aromatic rings. The Morgan fingerprint density at radius 1 is 0.778 bits per heavy atom. The third-order valence-corrected chi connectivity index (χ3v) is 21.1. The summed E-state index contributed by atoms with van der Waals surface area (Å²) in [4.78, 5) is 63.9. The van der Waals surface area contributed by atoms with Gasteiger partial charge in [0.1, 0.15) is 0 Å². The first-order chi connectivity index (χ1) is 29.8. The number of fused-ring (bicyclic) bond motifs is 1. The zero-order chi connectivity index (χ0) is 45.2. The fourth-order valence-electron chi connectivity index (χ4n) is 14.9. The van der Waals surface area contributed by atoms with Gasteiger partial charge >= 0.3 is 10.2 Å². The number of amides is 3. The molecule has 8 fully saturated rings. The number of ether oxygens (including phenoxy) is 1. The maximum absolute atomic E-state index is 15.9. The SMILES string of the molecule is C=C[C@@H]1C[C@]1(CC(=O)[C@@H]1C[C@@]2(CN1C(=O)[C@@H](CC[C@@H](NC(=O)[C@@H]1CCCCN1C(C)C)C1(C)CCCCC1)C1(C)CCOCC1)C(C)(C)C21CCC1)C(=O)NS(=O)(=O)N1CCCC1. The van der Waals surface area contributed by atoms with E-state index in [-0.39, 0.29) is 81.1 Å². The number of piperidine rings is 1. The average Bonchev–Trinajstić information content (AvgIpc) is 3.69. The number of carbonyl (C=O) groups is 4. The highest BCUT2D eigenvalue weighted by atomic mass is 32.2. The van der Waals surface area contributed by atoms with Gasteiger partial charge in [-0.25, -0.2) is 4.72 Å². The predicted molar refractivity (Wildman–Crippen MR) is 244 cm³/mol. The molecule has 4 saturated carbocycles. The molecule has 4 heterocycles. The van der Waals surface area contributed by atoms with Crippen molar-refractivity contribution in [2.75, 3.05) is 39.4 Å². The molecule has 4 aliphatic heterocycles. The van der Waals surface area contributed by atoms with Gasteiger partial charge in [-0.05, 0) is 138 Å². The topological polar surface area (TPSA) is 145 Å². The summed E-state index contributed by atoms with van der Waals surface area (Å²) in [5.74, 6) is -1.35. The van der Waals surface area contributed by atoms with E-state index in [1.807, 2.05) is 4.90 Å². The van der Waals surface area contributed by atoms with Gasteiger partial charge in [0.15, 0.2) is 5.78 Å². The number of carbonyl (C=O) groups excluding carboxylic acids is 4. The lowest BCUT2D eigenvalue weighted by atomic mass is 9.65. The van der Waals surface area contributed by atoms with Crippen LogP contribution in [0.15, 0.2) is 12.7 Å². The number of hydrogen-bond donors (Lipinski definition) is 2. The molecule has 8 rings (SSSR count). The number of allylic oxidation sites excluding steroid dienone is 1. The van der Waals surface area contributed by atoms with Crippen LogP contribution >= 0.6 is 0 Å². The number of likely N-dealkylation sites (tertiary alicyclic amines) is 2. The minimum atomic E-state index is -4.04. The second kappa shape index (κ2) is 17.4. The molecule has 63 heavy (non-hydrogen) atoms. The summed E-state index contributed by atoms with van der Waals surface area (Å²) in [7, 11) is -4.04. The Bertz CT molecular complexity index is 1880. The highest BCUT2D eigenvalue weighted by Gasteiger charge is 2.85. The van der Waals surface area contributed by atoms with E-state index >= 15 is 9.59 Å². The maximum atomic E-state index is 15.9. The quantitative estimate of drug-likeness (QED) is 0.154. The molecule has 0 aromatic heterocycles. The van der Waals surface area contributed by atoms with Crippen LogP contribution in [0.3, 0.4) is 0 Å². The van der Waals surface area contributed by atoms with Crippen molar-refractivity contribution < 1.29 is 32.3 Å². The molecule has 354 valence electrons. The molecule has 0 bridgehead atoms. The van der Waals surface area contributed by atoms with E-state index in [9.17, 15) is 18.0 Å². The van der Waals surface area contributed by atoms with Crippen molar-refractivity contribution in [3.05, 3.63) is 12.7 Å². The molecular formula is C50H81N5O7S. The smallest absolute Gasteiger partial charge is 0.303 e. The summed E-state index contributed by atoms with van der Waals surface area (Å²) in [6, 6.07) is -0.646. The Morgan fingerprint density at radius 2 is 1.44 bits per heavy atom. The highest BCUT2D eigenvalue weighted by molar-refractivity contribution is 7.87. The lowest BCUT2D eigenvalue weighted by Gasteiger charge is -2.46. The molecule has 4 aliphatic carbocycles. The Hall–Kier alpha value is -2.35. The molecule has 2 spiro atoms. The summed E-state index contributed by atoms with van der Waals surface area (Å²) in [6.45, 7) is 20.9. The van der Waals surface area contributed by atoms with Crippen molar-refractivity contribution in [1.29, 1.82) is 0 Å². The lowest BCUT2D eigenvalue weighted by molar-refractivity contribution is -0.148. The number of ketones is 1. The largest absolute Gasteiger partial charge is 0.381 e. The summed E-state index contributed by atoms with van der Waals surface area (Å²) in [5.41, 5.74) is -1.80.